The third-order valence-electron chi connectivity index (χ3n) is 5.26. The average Bonchev–Trinajstić information content (AvgIpc) is 3.30. The Morgan fingerprint density at radius 3 is 2.39 bits per heavy atom. The molecule has 4 rings (SSSR count). The number of benzene rings is 2. The van der Waals surface area contributed by atoms with Gasteiger partial charge in [-0.15, -0.1) is 0 Å². The van der Waals surface area contributed by atoms with Gasteiger partial charge in [-0.3, -0.25) is 4.79 Å². The fourth-order valence-corrected chi connectivity index (χ4v) is 4.01. The van der Waals surface area contributed by atoms with Crippen molar-refractivity contribution in [3.63, 3.8) is 0 Å². The van der Waals surface area contributed by atoms with Crippen molar-refractivity contribution < 1.29 is 26.4 Å². The van der Waals surface area contributed by atoms with Crippen molar-refractivity contribution in [1.82, 2.24) is 9.55 Å². The molecule has 1 fully saturated rings. The number of fused-ring (bicyclic) bond motifs is 1. The highest BCUT2D eigenvalue weighted by atomic mass is 32.2. The van der Waals surface area contributed by atoms with Crippen molar-refractivity contribution >= 4 is 43.8 Å². The predicted octanol–water partition coefficient (Wildman–Crippen LogP) is 3.32. The second kappa shape index (κ2) is 7.26. The van der Waals surface area contributed by atoms with E-state index >= 15 is 0 Å². The summed E-state index contributed by atoms with van der Waals surface area (Å²) in [4.78, 5) is 17.2. The van der Waals surface area contributed by atoms with Gasteiger partial charge in [-0.25, -0.2) is 26.6 Å². The van der Waals surface area contributed by atoms with Crippen molar-refractivity contribution in [2.75, 3.05) is 23.5 Å². The van der Waals surface area contributed by atoms with Gasteiger partial charge in [0.15, 0.2) is 21.5 Å². The molecule has 1 amide bonds. The first-order valence-corrected chi connectivity index (χ1v) is 11.2. The Morgan fingerprint density at radius 1 is 1.23 bits per heavy atom. The lowest BCUT2D eigenvalue weighted by molar-refractivity contribution is -0.117. The molecule has 0 radical (unpaired) electrons. The van der Waals surface area contributed by atoms with Crippen molar-refractivity contribution in [1.29, 1.82) is 0 Å². The number of anilines is 3. The molecule has 7 nitrogen and oxygen atoms in total. The highest BCUT2D eigenvalue weighted by Gasteiger charge is 2.43. The van der Waals surface area contributed by atoms with E-state index in [1.165, 1.54) is 24.3 Å². The average molecular weight is 452 g/mol. The number of aryl methyl sites for hydroxylation is 1. The number of alkyl halides is 1. The van der Waals surface area contributed by atoms with Crippen molar-refractivity contribution in [3.05, 3.63) is 42.2 Å². The third kappa shape index (κ3) is 3.85. The molecule has 0 spiro atoms. The van der Waals surface area contributed by atoms with Gasteiger partial charge in [0.25, 0.3) is 0 Å². The van der Waals surface area contributed by atoms with Gasteiger partial charge >= 0.3 is 0 Å². The summed E-state index contributed by atoms with van der Waals surface area (Å²) in [5.41, 5.74) is 1.14. The molecule has 164 valence electrons. The number of hydrogen-bond donors (Lipinski definition) is 1. The summed E-state index contributed by atoms with van der Waals surface area (Å²) in [6.45, 7) is 0. The third-order valence-corrected chi connectivity index (χ3v) is 6.36. The quantitative estimate of drug-likeness (QED) is 0.642. The van der Waals surface area contributed by atoms with Crippen LogP contribution in [0.2, 0.25) is 0 Å². The smallest absolute Gasteiger partial charge is 0.230 e. The van der Waals surface area contributed by atoms with Gasteiger partial charge in [-0.2, -0.15) is 0 Å². The molecular weight excluding hydrogens is 433 g/mol. The van der Waals surface area contributed by atoms with Gasteiger partial charge in [0.05, 0.1) is 28.3 Å². The molecule has 1 heterocycles. The van der Waals surface area contributed by atoms with Crippen LogP contribution in [0.5, 0.6) is 0 Å². The van der Waals surface area contributed by atoms with E-state index in [0.29, 0.717) is 16.7 Å². The first kappa shape index (κ1) is 21.2. The summed E-state index contributed by atoms with van der Waals surface area (Å²) in [5, 5.41) is 2.65. The molecular formula is C20H19F3N4O3S. The van der Waals surface area contributed by atoms with Crippen molar-refractivity contribution in [3.8, 4) is 0 Å². The zero-order valence-electron chi connectivity index (χ0n) is 16.9. The monoisotopic (exact) mass is 452 g/mol. The van der Waals surface area contributed by atoms with Crippen LogP contribution < -0.4 is 10.2 Å². The molecule has 1 N–H and O–H groups in total. The van der Waals surface area contributed by atoms with Crippen LogP contribution in [0.1, 0.15) is 6.42 Å². The van der Waals surface area contributed by atoms with Crippen LogP contribution in [-0.2, 0) is 21.7 Å². The molecule has 0 saturated heterocycles. The van der Waals surface area contributed by atoms with Gasteiger partial charge < -0.3 is 14.8 Å². The number of hydrogen-bond acceptors (Lipinski definition) is 5. The van der Waals surface area contributed by atoms with Crippen LogP contribution in [-0.4, -0.2) is 43.4 Å². The largest absolute Gasteiger partial charge is 0.340 e. The number of carbonyl (C=O) groups is 1. The van der Waals surface area contributed by atoms with Crippen LogP contribution >= 0.6 is 0 Å². The number of sulfone groups is 1. The minimum absolute atomic E-state index is 0.153. The van der Waals surface area contributed by atoms with E-state index in [1.807, 2.05) is 0 Å². The normalized spacial score (nSPS) is 18.3. The molecule has 0 bridgehead atoms. The number of rotatable bonds is 5. The molecule has 1 aliphatic carbocycles. The number of aromatic nitrogens is 2. The summed E-state index contributed by atoms with van der Waals surface area (Å²) in [5.74, 6) is -3.33. The highest BCUT2D eigenvalue weighted by molar-refractivity contribution is 7.90. The number of nitrogens with zero attached hydrogens (tertiary/aromatic N) is 3. The molecule has 11 heteroatoms. The topological polar surface area (TPSA) is 84.3 Å². The summed E-state index contributed by atoms with van der Waals surface area (Å²) in [7, 11) is -0.678. The summed E-state index contributed by atoms with van der Waals surface area (Å²) in [6.07, 6.45) is 1.35. The van der Waals surface area contributed by atoms with Gasteiger partial charge in [0.2, 0.25) is 5.91 Å². The van der Waals surface area contributed by atoms with Gasteiger partial charge in [0, 0.05) is 26.0 Å². The molecule has 2 aromatic carbocycles. The van der Waals surface area contributed by atoms with Crippen LogP contribution in [0.4, 0.5) is 30.2 Å². The fraction of sp³-hybridized carbons (Fsp3) is 0.300. The van der Waals surface area contributed by atoms with Gasteiger partial charge in [-0.05, 0) is 30.7 Å². The maximum Gasteiger partial charge on any atom is 0.230 e. The Morgan fingerprint density at radius 2 is 1.84 bits per heavy atom. The van der Waals surface area contributed by atoms with Crippen molar-refractivity contribution in [2.45, 2.75) is 17.5 Å². The second-order valence-corrected chi connectivity index (χ2v) is 9.65. The van der Waals surface area contributed by atoms with E-state index in [1.54, 1.807) is 17.7 Å². The summed E-state index contributed by atoms with van der Waals surface area (Å²) >= 11 is 0. The number of halogens is 3. The Bertz CT molecular complexity index is 1300. The van der Waals surface area contributed by atoms with E-state index in [0.717, 1.165) is 18.4 Å². The fourth-order valence-electron chi connectivity index (χ4n) is 3.37. The zero-order chi connectivity index (χ0) is 22.7. The van der Waals surface area contributed by atoms with Gasteiger partial charge in [-0.1, -0.05) is 0 Å². The number of carbonyl (C=O) groups excluding carboxylic acids is 1. The number of imidazole rings is 1. The predicted molar refractivity (Wildman–Crippen MR) is 110 cm³/mol. The van der Waals surface area contributed by atoms with E-state index in [4.69, 9.17) is 0 Å². The standard InChI is InChI=1S/C20H19F3N4O3S/c1-26-9-24-18-16(25-20(28)12-8-13(12)21)4-10(5-17(18)26)27(2)19-14(22)6-11(7-15(19)23)31(3,29)30/h4-7,9,12-13H,8H2,1-3H3,(H,25,28)/t12-,13+/m0/s1. The molecule has 2 atom stereocenters. The van der Waals surface area contributed by atoms with Crippen LogP contribution in [0.25, 0.3) is 11.0 Å². The van der Waals surface area contributed by atoms with Crippen LogP contribution in [0, 0.1) is 17.6 Å². The van der Waals surface area contributed by atoms with Crippen molar-refractivity contribution in [2.24, 2.45) is 13.0 Å². The molecule has 31 heavy (non-hydrogen) atoms. The maximum absolute atomic E-state index is 14.7. The first-order valence-electron chi connectivity index (χ1n) is 9.30. The minimum Gasteiger partial charge on any atom is -0.340 e. The highest BCUT2D eigenvalue weighted by Crippen LogP contribution is 2.38. The Balaban J connectivity index is 1.79. The molecule has 3 aromatic rings. The first-order chi connectivity index (χ1) is 14.5. The SMILES string of the molecule is CN(c1cc(NC(=O)[C@H]2C[C@H]2F)c2ncn(C)c2c1)c1c(F)cc(S(C)(=O)=O)cc1F. The van der Waals surface area contributed by atoms with E-state index in [2.05, 4.69) is 10.3 Å². The lowest BCUT2D eigenvalue weighted by Crippen LogP contribution is -2.17. The maximum atomic E-state index is 14.7. The Labute approximate surface area is 176 Å². The molecule has 1 aromatic heterocycles. The number of amides is 1. The summed E-state index contributed by atoms with van der Waals surface area (Å²) < 4.78 is 67.6. The van der Waals surface area contributed by atoms with E-state index in [9.17, 15) is 26.4 Å². The molecule has 0 unspecified atom stereocenters. The Hall–Kier alpha value is -3.08. The van der Waals surface area contributed by atoms with E-state index < -0.39 is 50.1 Å². The molecule has 1 aliphatic rings. The van der Waals surface area contributed by atoms with E-state index in [-0.39, 0.29) is 12.1 Å². The van der Waals surface area contributed by atoms with Gasteiger partial charge in [0.1, 0.15) is 17.4 Å². The zero-order valence-corrected chi connectivity index (χ0v) is 17.7. The van der Waals surface area contributed by atoms with Crippen LogP contribution in [0.3, 0.4) is 0 Å². The lowest BCUT2D eigenvalue weighted by atomic mass is 10.2. The minimum atomic E-state index is -3.80. The molecule has 0 aliphatic heterocycles. The number of nitrogens with one attached hydrogen (secondary N) is 1. The lowest BCUT2D eigenvalue weighted by Gasteiger charge is -2.22. The Kier molecular flexibility index (Phi) is 4.95. The van der Waals surface area contributed by atoms with Crippen LogP contribution in [0.15, 0.2) is 35.5 Å². The molecule has 1 saturated carbocycles. The second-order valence-electron chi connectivity index (χ2n) is 7.63. The summed E-state index contributed by atoms with van der Waals surface area (Å²) in [6, 6.07) is 4.61.